The van der Waals surface area contributed by atoms with Gasteiger partial charge in [0.15, 0.2) is 0 Å². The van der Waals surface area contributed by atoms with Gasteiger partial charge in [-0.1, -0.05) is 30.3 Å². The lowest BCUT2D eigenvalue weighted by Gasteiger charge is -2.15. The first-order chi connectivity index (χ1) is 7.90. The highest BCUT2D eigenvalue weighted by molar-refractivity contribution is 5.17. The highest BCUT2D eigenvalue weighted by Gasteiger charge is 2.19. The summed E-state index contributed by atoms with van der Waals surface area (Å²) >= 11 is 0. The van der Waals surface area contributed by atoms with Gasteiger partial charge in [0.1, 0.15) is 12.0 Å². The fourth-order valence-electron chi connectivity index (χ4n) is 1.91. The van der Waals surface area contributed by atoms with Crippen LogP contribution in [0.15, 0.2) is 42.4 Å². The number of nitrogens with two attached hydrogens (primary N) is 1. The van der Waals surface area contributed by atoms with Crippen LogP contribution in [0.3, 0.4) is 0 Å². The molecule has 2 rings (SSSR count). The third-order valence-electron chi connectivity index (χ3n) is 2.74. The van der Waals surface area contributed by atoms with Crippen LogP contribution in [0, 0.1) is 5.92 Å². The second kappa shape index (κ2) is 5.56. The molecule has 3 nitrogen and oxygen atoms in total. The zero-order chi connectivity index (χ0) is 11.2. The van der Waals surface area contributed by atoms with Crippen LogP contribution < -0.4 is 5.73 Å². The number of ether oxygens (including phenoxy) is 2. The minimum atomic E-state index is 0.329. The molecule has 1 atom stereocenters. The van der Waals surface area contributed by atoms with Crippen molar-refractivity contribution in [3.05, 3.63) is 47.9 Å². The molecule has 1 aliphatic heterocycles. The predicted molar refractivity (Wildman–Crippen MR) is 62.4 cm³/mol. The molecule has 0 aliphatic carbocycles. The van der Waals surface area contributed by atoms with E-state index in [0.29, 0.717) is 19.3 Å². The van der Waals surface area contributed by atoms with E-state index in [0.717, 1.165) is 18.6 Å². The maximum absolute atomic E-state index is 5.63. The Hall–Kier alpha value is -1.48. The molecule has 0 saturated heterocycles. The predicted octanol–water partition coefficient (Wildman–Crippen LogP) is 2.04. The van der Waals surface area contributed by atoms with Crippen LogP contribution in [0.4, 0.5) is 0 Å². The molecule has 0 radical (unpaired) electrons. The first-order valence-corrected chi connectivity index (χ1v) is 5.58. The van der Waals surface area contributed by atoms with E-state index >= 15 is 0 Å². The zero-order valence-corrected chi connectivity index (χ0v) is 9.26. The smallest absolute Gasteiger partial charge is 0.229 e. The monoisotopic (exact) mass is 219 g/mol. The Labute approximate surface area is 95.9 Å². The maximum Gasteiger partial charge on any atom is 0.229 e. The Bertz CT molecular complexity index is 348. The van der Waals surface area contributed by atoms with Crippen LogP contribution in [-0.4, -0.2) is 13.3 Å². The largest absolute Gasteiger partial charge is 0.462 e. The van der Waals surface area contributed by atoms with Crippen molar-refractivity contribution in [2.24, 2.45) is 11.7 Å². The lowest BCUT2D eigenvalue weighted by Crippen LogP contribution is -2.14. The molecule has 1 aliphatic rings. The molecule has 0 aromatic heterocycles. The molecule has 1 aromatic carbocycles. The number of allylic oxidation sites excluding steroid dienone is 1. The van der Waals surface area contributed by atoms with E-state index in [9.17, 15) is 0 Å². The van der Waals surface area contributed by atoms with Gasteiger partial charge in [-0.15, -0.1) is 0 Å². The van der Waals surface area contributed by atoms with Crippen molar-refractivity contribution in [1.82, 2.24) is 0 Å². The molecule has 0 bridgehead atoms. The van der Waals surface area contributed by atoms with E-state index in [1.807, 2.05) is 6.07 Å². The van der Waals surface area contributed by atoms with Gasteiger partial charge in [0.25, 0.3) is 0 Å². The molecule has 0 saturated carbocycles. The van der Waals surface area contributed by atoms with Crippen molar-refractivity contribution < 1.29 is 9.47 Å². The van der Waals surface area contributed by atoms with Gasteiger partial charge >= 0.3 is 0 Å². The molecule has 1 aromatic rings. The van der Waals surface area contributed by atoms with Crippen molar-refractivity contribution in [2.75, 3.05) is 13.3 Å². The van der Waals surface area contributed by atoms with E-state index in [4.69, 9.17) is 15.2 Å². The van der Waals surface area contributed by atoms with Crippen LogP contribution >= 0.6 is 0 Å². The number of rotatable bonds is 5. The van der Waals surface area contributed by atoms with Crippen LogP contribution in [0.2, 0.25) is 0 Å². The number of hydrogen-bond donors (Lipinski definition) is 1. The molecule has 3 heteroatoms. The fraction of sp³-hybridized carbons (Fsp3) is 0.385. The second-order valence-corrected chi connectivity index (χ2v) is 3.91. The van der Waals surface area contributed by atoms with Crippen molar-refractivity contribution >= 4 is 0 Å². The molecule has 2 N–H and O–H groups in total. The number of hydrogen-bond acceptors (Lipinski definition) is 3. The average molecular weight is 219 g/mol. The Morgan fingerprint density at radius 3 is 2.69 bits per heavy atom. The van der Waals surface area contributed by atoms with Gasteiger partial charge in [0, 0.05) is 5.92 Å². The molecule has 86 valence electrons. The van der Waals surface area contributed by atoms with Crippen molar-refractivity contribution in [2.45, 2.75) is 12.8 Å². The SMILES string of the molecule is NCCC(Cc1ccccc1)C1=COCO1. The summed E-state index contributed by atoms with van der Waals surface area (Å²) in [7, 11) is 0. The van der Waals surface area contributed by atoms with Gasteiger partial charge in [-0.05, 0) is 24.9 Å². The molecule has 1 heterocycles. The van der Waals surface area contributed by atoms with Crippen molar-refractivity contribution in [3.8, 4) is 0 Å². The van der Waals surface area contributed by atoms with E-state index < -0.39 is 0 Å². The van der Waals surface area contributed by atoms with Crippen molar-refractivity contribution in [3.63, 3.8) is 0 Å². The first kappa shape index (κ1) is 11.0. The standard InChI is InChI=1S/C13H17NO2/c14-7-6-12(13-9-15-10-16-13)8-11-4-2-1-3-5-11/h1-5,9,12H,6-8,10,14H2. The maximum atomic E-state index is 5.63. The van der Waals surface area contributed by atoms with E-state index in [1.54, 1.807) is 6.26 Å². The summed E-state index contributed by atoms with van der Waals surface area (Å²) in [6, 6.07) is 10.4. The zero-order valence-electron chi connectivity index (χ0n) is 9.26. The van der Waals surface area contributed by atoms with Gasteiger partial charge in [-0.25, -0.2) is 0 Å². The summed E-state index contributed by atoms with van der Waals surface area (Å²) in [5, 5.41) is 0. The lowest BCUT2D eigenvalue weighted by molar-refractivity contribution is 0.0699. The summed E-state index contributed by atoms with van der Waals surface area (Å²) in [6.45, 7) is 1.00. The van der Waals surface area contributed by atoms with Crippen LogP contribution in [0.25, 0.3) is 0 Å². The Kier molecular flexibility index (Phi) is 3.83. The third kappa shape index (κ3) is 2.76. The first-order valence-electron chi connectivity index (χ1n) is 5.58. The quantitative estimate of drug-likeness (QED) is 0.824. The Morgan fingerprint density at radius 1 is 1.25 bits per heavy atom. The third-order valence-corrected chi connectivity index (χ3v) is 2.74. The molecule has 0 spiro atoms. The van der Waals surface area contributed by atoms with Crippen LogP contribution in [-0.2, 0) is 15.9 Å². The van der Waals surface area contributed by atoms with Gasteiger partial charge in [0.2, 0.25) is 6.79 Å². The minimum absolute atomic E-state index is 0.329. The van der Waals surface area contributed by atoms with E-state index in [1.165, 1.54) is 5.56 Å². The van der Waals surface area contributed by atoms with Crippen LogP contribution in [0.5, 0.6) is 0 Å². The van der Waals surface area contributed by atoms with Gasteiger partial charge < -0.3 is 15.2 Å². The lowest BCUT2D eigenvalue weighted by atomic mass is 9.95. The molecular formula is C13H17NO2. The summed E-state index contributed by atoms with van der Waals surface area (Å²) in [5.41, 5.74) is 6.93. The van der Waals surface area contributed by atoms with E-state index in [-0.39, 0.29) is 0 Å². The normalized spacial score (nSPS) is 16.2. The summed E-state index contributed by atoms with van der Waals surface area (Å²) < 4.78 is 10.5. The van der Waals surface area contributed by atoms with Gasteiger partial charge in [-0.3, -0.25) is 0 Å². The fourth-order valence-corrected chi connectivity index (χ4v) is 1.91. The summed E-state index contributed by atoms with van der Waals surface area (Å²) in [6.07, 6.45) is 3.58. The minimum Gasteiger partial charge on any atom is -0.462 e. The Balaban J connectivity index is 2.02. The highest BCUT2D eigenvalue weighted by atomic mass is 16.7. The summed E-state index contributed by atoms with van der Waals surface area (Å²) in [5.74, 6) is 1.25. The van der Waals surface area contributed by atoms with Gasteiger partial charge in [-0.2, -0.15) is 0 Å². The Morgan fingerprint density at radius 2 is 2.06 bits per heavy atom. The molecule has 1 unspecified atom stereocenters. The summed E-state index contributed by atoms with van der Waals surface area (Å²) in [4.78, 5) is 0. The average Bonchev–Trinajstić information content (AvgIpc) is 2.83. The van der Waals surface area contributed by atoms with E-state index in [2.05, 4.69) is 24.3 Å². The van der Waals surface area contributed by atoms with Gasteiger partial charge in [0.05, 0.1) is 0 Å². The molecule has 0 fully saturated rings. The molecule has 0 amide bonds. The number of benzene rings is 1. The molecule has 16 heavy (non-hydrogen) atoms. The molecular weight excluding hydrogens is 202 g/mol. The van der Waals surface area contributed by atoms with Crippen LogP contribution in [0.1, 0.15) is 12.0 Å². The van der Waals surface area contributed by atoms with Crippen molar-refractivity contribution in [1.29, 1.82) is 0 Å². The topological polar surface area (TPSA) is 44.5 Å². The highest BCUT2D eigenvalue weighted by Crippen LogP contribution is 2.24. The second-order valence-electron chi connectivity index (χ2n) is 3.91.